The van der Waals surface area contributed by atoms with Crippen LogP contribution in [0.15, 0.2) is 55.0 Å². The van der Waals surface area contributed by atoms with E-state index in [1.165, 1.54) is 0 Å². The molecule has 0 unspecified atom stereocenters. The molecule has 4 nitrogen and oxygen atoms in total. The maximum absolute atomic E-state index is 4.29. The zero-order chi connectivity index (χ0) is 12.4. The Hall–Kier alpha value is -2.49. The summed E-state index contributed by atoms with van der Waals surface area (Å²) < 4.78 is 1.96. The van der Waals surface area contributed by atoms with Gasteiger partial charge in [-0.3, -0.25) is 9.55 Å². The van der Waals surface area contributed by atoms with Crippen molar-refractivity contribution in [1.29, 1.82) is 0 Å². The van der Waals surface area contributed by atoms with Gasteiger partial charge in [-0.15, -0.1) is 10.2 Å². The Morgan fingerprint density at radius 2 is 1.83 bits per heavy atom. The lowest BCUT2D eigenvalue weighted by atomic mass is 10.2. The highest BCUT2D eigenvalue weighted by atomic mass is 15.3. The fourth-order valence-corrected chi connectivity index (χ4v) is 1.92. The van der Waals surface area contributed by atoms with E-state index >= 15 is 0 Å². The van der Waals surface area contributed by atoms with Gasteiger partial charge in [-0.05, 0) is 31.2 Å². The van der Waals surface area contributed by atoms with Crippen LogP contribution in [0, 0.1) is 6.92 Å². The van der Waals surface area contributed by atoms with Crippen LogP contribution < -0.4 is 0 Å². The summed E-state index contributed by atoms with van der Waals surface area (Å²) in [7, 11) is 0. The van der Waals surface area contributed by atoms with Crippen molar-refractivity contribution in [3.05, 3.63) is 60.7 Å². The molecule has 0 saturated heterocycles. The van der Waals surface area contributed by atoms with E-state index in [-0.39, 0.29) is 0 Å². The Kier molecular flexibility index (Phi) is 2.61. The van der Waals surface area contributed by atoms with Gasteiger partial charge in [0.1, 0.15) is 6.33 Å². The molecule has 0 saturated carbocycles. The standard InChI is InChI=1S/C14H12N4/c1-11-13(8-5-9-15-11)14-17-16-10-18(14)12-6-3-2-4-7-12/h2-10H,1H3. The van der Waals surface area contributed by atoms with Crippen LogP contribution >= 0.6 is 0 Å². The van der Waals surface area contributed by atoms with Crippen molar-refractivity contribution in [3.63, 3.8) is 0 Å². The van der Waals surface area contributed by atoms with Gasteiger partial charge in [-0.2, -0.15) is 0 Å². The Balaban J connectivity index is 2.16. The molecule has 4 heteroatoms. The van der Waals surface area contributed by atoms with Gasteiger partial charge in [-0.1, -0.05) is 18.2 Å². The maximum atomic E-state index is 4.29. The summed E-state index contributed by atoms with van der Waals surface area (Å²) in [6.45, 7) is 1.97. The van der Waals surface area contributed by atoms with E-state index in [0.29, 0.717) is 0 Å². The fraction of sp³-hybridized carbons (Fsp3) is 0.0714. The Morgan fingerprint density at radius 3 is 2.61 bits per heavy atom. The SMILES string of the molecule is Cc1ncccc1-c1nncn1-c1ccccc1. The number of aromatic nitrogens is 4. The van der Waals surface area contributed by atoms with Crippen molar-refractivity contribution in [1.82, 2.24) is 19.7 Å². The molecular formula is C14H12N4. The molecular weight excluding hydrogens is 224 g/mol. The van der Waals surface area contributed by atoms with Crippen LogP contribution in [0.5, 0.6) is 0 Å². The van der Waals surface area contributed by atoms with E-state index in [0.717, 1.165) is 22.8 Å². The molecule has 1 aromatic carbocycles. The third-order valence-corrected chi connectivity index (χ3v) is 2.83. The van der Waals surface area contributed by atoms with E-state index in [9.17, 15) is 0 Å². The van der Waals surface area contributed by atoms with Gasteiger partial charge in [-0.25, -0.2) is 0 Å². The zero-order valence-corrected chi connectivity index (χ0v) is 9.99. The van der Waals surface area contributed by atoms with Crippen LogP contribution in [-0.4, -0.2) is 19.7 Å². The Labute approximate surface area is 105 Å². The lowest BCUT2D eigenvalue weighted by molar-refractivity contribution is 1.05. The molecule has 3 rings (SSSR count). The van der Waals surface area contributed by atoms with Gasteiger partial charge >= 0.3 is 0 Å². The minimum atomic E-state index is 0.812. The Bertz CT molecular complexity index is 658. The third-order valence-electron chi connectivity index (χ3n) is 2.83. The number of para-hydroxylation sites is 1. The number of rotatable bonds is 2. The zero-order valence-electron chi connectivity index (χ0n) is 9.99. The summed E-state index contributed by atoms with van der Waals surface area (Å²) in [5, 5.41) is 8.20. The summed E-state index contributed by atoms with van der Waals surface area (Å²) in [6, 6.07) is 13.9. The first-order valence-electron chi connectivity index (χ1n) is 5.74. The van der Waals surface area contributed by atoms with E-state index < -0.39 is 0 Å². The maximum Gasteiger partial charge on any atom is 0.170 e. The highest BCUT2D eigenvalue weighted by Crippen LogP contribution is 2.21. The summed E-state index contributed by atoms with van der Waals surface area (Å²) in [4.78, 5) is 4.29. The van der Waals surface area contributed by atoms with E-state index in [1.807, 2.05) is 54.0 Å². The van der Waals surface area contributed by atoms with Gasteiger partial charge in [0.05, 0.1) is 0 Å². The second-order valence-corrected chi connectivity index (χ2v) is 4.00. The smallest absolute Gasteiger partial charge is 0.170 e. The highest BCUT2D eigenvalue weighted by molar-refractivity contribution is 5.60. The normalized spacial score (nSPS) is 10.5. The number of hydrogen-bond donors (Lipinski definition) is 0. The minimum absolute atomic E-state index is 0.812. The predicted molar refractivity (Wildman–Crippen MR) is 69.3 cm³/mol. The van der Waals surface area contributed by atoms with Gasteiger partial charge in [0, 0.05) is 23.1 Å². The molecule has 88 valence electrons. The van der Waals surface area contributed by atoms with E-state index in [2.05, 4.69) is 15.2 Å². The molecule has 0 aliphatic heterocycles. The molecule has 2 aromatic heterocycles. The average molecular weight is 236 g/mol. The molecule has 18 heavy (non-hydrogen) atoms. The van der Waals surface area contributed by atoms with Crippen molar-refractivity contribution in [2.24, 2.45) is 0 Å². The summed E-state index contributed by atoms with van der Waals surface area (Å²) >= 11 is 0. The van der Waals surface area contributed by atoms with Gasteiger partial charge < -0.3 is 0 Å². The van der Waals surface area contributed by atoms with E-state index in [1.54, 1.807) is 12.5 Å². The minimum Gasteiger partial charge on any atom is -0.282 e. The van der Waals surface area contributed by atoms with Crippen LogP contribution in [0.1, 0.15) is 5.69 Å². The van der Waals surface area contributed by atoms with Crippen molar-refractivity contribution in [2.75, 3.05) is 0 Å². The average Bonchev–Trinajstić information content (AvgIpc) is 2.89. The first-order chi connectivity index (χ1) is 8.86. The molecule has 0 amide bonds. The fourth-order valence-electron chi connectivity index (χ4n) is 1.92. The molecule has 0 aliphatic carbocycles. The molecule has 3 aromatic rings. The van der Waals surface area contributed by atoms with Crippen molar-refractivity contribution in [3.8, 4) is 17.1 Å². The lowest BCUT2D eigenvalue weighted by Crippen LogP contribution is -1.98. The third kappa shape index (κ3) is 1.78. The molecule has 0 radical (unpaired) electrons. The lowest BCUT2D eigenvalue weighted by Gasteiger charge is -2.07. The second kappa shape index (κ2) is 4.41. The quantitative estimate of drug-likeness (QED) is 0.687. The molecule has 0 fully saturated rings. The number of aryl methyl sites for hydroxylation is 1. The Morgan fingerprint density at radius 1 is 1.00 bits per heavy atom. The van der Waals surface area contributed by atoms with Crippen molar-refractivity contribution in [2.45, 2.75) is 6.92 Å². The first-order valence-corrected chi connectivity index (χ1v) is 5.74. The molecule has 0 aliphatic rings. The van der Waals surface area contributed by atoms with Crippen LogP contribution in [0.25, 0.3) is 17.1 Å². The molecule has 2 heterocycles. The van der Waals surface area contributed by atoms with E-state index in [4.69, 9.17) is 0 Å². The molecule has 0 spiro atoms. The molecule has 0 N–H and O–H groups in total. The monoisotopic (exact) mass is 236 g/mol. The summed E-state index contributed by atoms with van der Waals surface area (Å²) in [5.74, 6) is 0.812. The van der Waals surface area contributed by atoms with Crippen molar-refractivity contribution >= 4 is 0 Å². The van der Waals surface area contributed by atoms with Gasteiger partial charge in [0.15, 0.2) is 5.82 Å². The summed E-state index contributed by atoms with van der Waals surface area (Å²) in [5.41, 5.74) is 2.99. The number of benzene rings is 1. The number of hydrogen-bond acceptors (Lipinski definition) is 3. The highest BCUT2D eigenvalue weighted by Gasteiger charge is 2.10. The number of nitrogens with zero attached hydrogens (tertiary/aromatic N) is 4. The van der Waals surface area contributed by atoms with Crippen LogP contribution in [0.2, 0.25) is 0 Å². The van der Waals surface area contributed by atoms with Gasteiger partial charge in [0.25, 0.3) is 0 Å². The topological polar surface area (TPSA) is 43.6 Å². The largest absolute Gasteiger partial charge is 0.282 e. The van der Waals surface area contributed by atoms with Gasteiger partial charge in [0.2, 0.25) is 0 Å². The van der Waals surface area contributed by atoms with Crippen molar-refractivity contribution < 1.29 is 0 Å². The van der Waals surface area contributed by atoms with Crippen LogP contribution in [-0.2, 0) is 0 Å². The van der Waals surface area contributed by atoms with Crippen LogP contribution in [0.4, 0.5) is 0 Å². The molecule has 0 bridgehead atoms. The molecule has 0 atom stereocenters. The first kappa shape index (κ1) is 10.7. The second-order valence-electron chi connectivity index (χ2n) is 4.00. The van der Waals surface area contributed by atoms with Crippen LogP contribution in [0.3, 0.4) is 0 Å². The number of pyridine rings is 1. The predicted octanol–water partition coefficient (Wildman–Crippen LogP) is 2.64. The summed E-state index contributed by atoms with van der Waals surface area (Å²) in [6.07, 6.45) is 3.50.